The molecule has 296 valence electrons. The van der Waals surface area contributed by atoms with Crippen LogP contribution in [-0.4, -0.2) is 45.4 Å². The fourth-order valence-electron chi connectivity index (χ4n) is 5.91. The molecule has 0 aliphatic carbocycles. The lowest BCUT2D eigenvalue weighted by Crippen LogP contribution is -2.14. The summed E-state index contributed by atoms with van der Waals surface area (Å²) in [7, 11) is 0. The van der Waals surface area contributed by atoms with Gasteiger partial charge >= 0.3 is 0 Å². The lowest BCUT2D eigenvalue weighted by atomic mass is 9.99. The van der Waals surface area contributed by atoms with Crippen molar-refractivity contribution in [3.63, 3.8) is 0 Å². The highest BCUT2D eigenvalue weighted by Crippen LogP contribution is 2.46. The van der Waals surface area contributed by atoms with Crippen molar-refractivity contribution in [2.75, 3.05) is 39.6 Å². The maximum Gasteiger partial charge on any atom is 0.176 e. The van der Waals surface area contributed by atoms with E-state index in [0.29, 0.717) is 74.6 Å². The molecule has 0 aliphatic heterocycles. The Morgan fingerprint density at radius 1 is 0.442 bits per heavy atom. The first kappa shape index (κ1) is 45.1. The molecule has 0 heterocycles. The Bertz CT molecular complexity index is 1160. The highest BCUT2D eigenvalue weighted by molar-refractivity contribution is 6.03. The molecule has 0 aliphatic rings. The second kappa shape index (κ2) is 29.4. The molecule has 0 radical (unpaired) electrons. The number of Topliss-reactive ketones (excluding diaryl/α,β-unsaturated/α-hetero) is 1. The summed E-state index contributed by atoms with van der Waals surface area (Å²) in [5.74, 6) is 3.64. The van der Waals surface area contributed by atoms with E-state index in [9.17, 15) is 4.79 Å². The van der Waals surface area contributed by atoms with Crippen molar-refractivity contribution in [2.24, 2.45) is 0 Å². The van der Waals surface area contributed by atoms with Gasteiger partial charge in [-0.15, -0.1) is 0 Å². The van der Waals surface area contributed by atoms with Gasteiger partial charge in [0.05, 0.1) is 39.6 Å². The number of carbonyl (C=O) groups is 1. The molecule has 0 fully saturated rings. The number of rotatable bonds is 34. The van der Waals surface area contributed by atoms with Crippen LogP contribution in [0.2, 0.25) is 0 Å². The number of ketones is 1. The average molecular weight is 727 g/mol. The van der Waals surface area contributed by atoms with Crippen LogP contribution in [0.15, 0.2) is 24.3 Å². The van der Waals surface area contributed by atoms with E-state index in [0.717, 1.165) is 133 Å². The van der Waals surface area contributed by atoms with Gasteiger partial charge in [0, 0.05) is 12.5 Å². The number of unbranched alkanes of at least 4 members (excludes halogenated alkanes) is 12. The summed E-state index contributed by atoms with van der Waals surface area (Å²) in [5.41, 5.74) is 1.40. The van der Waals surface area contributed by atoms with Gasteiger partial charge < -0.3 is 28.4 Å². The van der Waals surface area contributed by atoms with Crippen molar-refractivity contribution in [3.8, 4) is 34.5 Å². The van der Waals surface area contributed by atoms with E-state index in [4.69, 9.17) is 28.4 Å². The van der Waals surface area contributed by atoms with Gasteiger partial charge in [0.15, 0.2) is 28.8 Å². The molecule has 0 saturated carbocycles. The number of carbonyl (C=O) groups excluding carboxylic acids is 1. The smallest absolute Gasteiger partial charge is 0.176 e. The Morgan fingerprint density at radius 3 is 1.25 bits per heavy atom. The molecule has 0 unspecified atom stereocenters. The van der Waals surface area contributed by atoms with Crippen LogP contribution >= 0.6 is 0 Å². The molecule has 0 aromatic heterocycles. The van der Waals surface area contributed by atoms with Crippen molar-refractivity contribution >= 4 is 5.78 Å². The van der Waals surface area contributed by atoms with Crippen molar-refractivity contribution in [1.82, 2.24) is 0 Å². The van der Waals surface area contributed by atoms with Gasteiger partial charge in [-0.2, -0.15) is 0 Å². The molecule has 52 heavy (non-hydrogen) atoms. The van der Waals surface area contributed by atoms with E-state index in [1.165, 1.54) is 0 Å². The largest absolute Gasteiger partial charge is 0.494 e. The minimum Gasteiger partial charge on any atom is -0.494 e. The fraction of sp³-hybridized carbons (Fsp3) is 0.711. The van der Waals surface area contributed by atoms with E-state index < -0.39 is 0 Å². The lowest BCUT2D eigenvalue weighted by Gasteiger charge is -2.22. The average Bonchev–Trinajstić information content (AvgIpc) is 3.15. The number of ether oxygens (including phenoxy) is 6. The predicted molar refractivity (Wildman–Crippen MR) is 216 cm³/mol. The topological polar surface area (TPSA) is 72.5 Å². The first-order valence-corrected chi connectivity index (χ1v) is 21.2. The normalized spacial score (nSPS) is 11.0. The number of hydrogen-bond donors (Lipinski definition) is 0. The van der Waals surface area contributed by atoms with E-state index in [-0.39, 0.29) is 12.2 Å². The Morgan fingerprint density at radius 2 is 0.827 bits per heavy atom. The molecule has 2 rings (SSSR count). The highest BCUT2D eigenvalue weighted by atomic mass is 16.5. The zero-order valence-electron chi connectivity index (χ0n) is 34.1. The molecule has 2 aromatic carbocycles. The van der Waals surface area contributed by atoms with Gasteiger partial charge in [-0.05, 0) is 68.7 Å². The maximum absolute atomic E-state index is 14.7. The molecule has 7 heteroatoms. The van der Waals surface area contributed by atoms with Crippen LogP contribution in [0.1, 0.15) is 179 Å². The van der Waals surface area contributed by atoms with E-state index in [1.54, 1.807) is 0 Å². The minimum atomic E-state index is -0.0559. The highest BCUT2D eigenvalue weighted by Gasteiger charge is 2.28. The van der Waals surface area contributed by atoms with Crippen molar-refractivity contribution in [2.45, 2.75) is 170 Å². The van der Waals surface area contributed by atoms with Crippen molar-refractivity contribution in [3.05, 3.63) is 35.4 Å². The van der Waals surface area contributed by atoms with Crippen LogP contribution in [0.4, 0.5) is 0 Å². The number of aryl methyl sites for hydroxylation is 1. The number of hydrogen-bond acceptors (Lipinski definition) is 7. The van der Waals surface area contributed by atoms with Crippen LogP contribution in [0.3, 0.4) is 0 Å². The van der Waals surface area contributed by atoms with Crippen LogP contribution in [0.25, 0.3) is 0 Å². The summed E-state index contributed by atoms with van der Waals surface area (Å²) >= 11 is 0. The SMILES string of the molecule is CCCCCOc1ccc(OCCCCC)c(CCC(=O)c2c(OCCCCC)c(OCCCCC)cc(OCCCCC)c2OCCCCC)c1. The Balaban J connectivity index is 2.58. The Labute approximate surface area is 317 Å². The van der Waals surface area contributed by atoms with Crippen molar-refractivity contribution in [1.29, 1.82) is 0 Å². The van der Waals surface area contributed by atoms with Gasteiger partial charge in [0.2, 0.25) is 0 Å². The molecule has 0 bridgehead atoms. The molecular formula is C45H74O7. The summed E-state index contributed by atoms with van der Waals surface area (Å²) in [5, 5.41) is 0. The van der Waals surface area contributed by atoms with Gasteiger partial charge in [-0.25, -0.2) is 0 Å². The third kappa shape index (κ3) is 17.6. The van der Waals surface area contributed by atoms with Crippen LogP contribution in [0.5, 0.6) is 34.5 Å². The fourth-order valence-corrected chi connectivity index (χ4v) is 5.91. The van der Waals surface area contributed by atoms with Gasteiger partial charge in [0.1, 0.15) is 17.1 Å². The summed E-state index contributed by atoms with van der Waals surface area (Å²) in [4.78, 5) is 14.7. The summed E-state index contributed by atoms with van der Waals surface area (Å²) in [6.45, 7) is 16.5. The number of benzene rings is 2. The van der Waals surface area contributed by atoms with Gasteiger partial charge in [-0.1, -0.05) is 119 Å². The van der Waals surface area contributed by atoms with Gasteiger partial charge in [0.25, 0.3) is 0 Å². The second-order valence-electron chi connectivity index (χ2n) is 13.9. The molecular weight excluding hydrogens is 652 g/mol. The molecule has 0 spiro atoms. The molecule has 7 nitrogen and oxygen atoms in total. The Hall–Kier alpha value is -3.09. The summed E-state index contributed by atoms with van der Waals surface area (Å²) < 4.78 is 38.3. The van der Waals surface area contributed by atoms with Crippen LogP contribution < -0.4 is 28.4 Å². The predicted octanol–water partition coefficient (Wildman–Crippen LogP) is 12.9. The van der Waals surface area contributed by atoms with Crippen molar-refractivity contribution < 1.29 is 33.2 Å². The quantitative estimate of drug-likeness (QED) is 0.0525. The monoisotopic (exact) mass is 727 g/mol. The first-order chi connectivity index (χ1) is 25.5. The zero-order chi connectivity index (χ0) is 37.7. The third-order valence-electron chi connectivity index (χ3n) is 9.12. The van der Waals surface area contributed by atoms with Crippen LogP contribution in [-0.2, 0) is 6.42 Å². The van der Waals surface area contributed by atoms with E-state index in [2.05, 4.69) is 41.5 Å². The third-order valence-corrected chi connectivity index (χ3v) is 9.12. The minimum absolute atomic E-state index is 0.0559. The Kier molecular flexibility index (Phi) is 25.5. The molecule has 2 aromatic rings. The van der Waals surface area contributed by atoms with E-state index in [1.807, 2.05) is 24.3 Å². The summed E-state index contributed by atoms with van der Waals surface area (Å²) in [6, 6.07) is 7.94. The van der Waals surface area contributed by atoms with E-state index >= 15 is 0 Å². The van der Waals surface area contributed by atoms with Gasteiger partial charge in [-0.3, -0.25) is 4.79 Å². The van der Waals surface area contributed by atoms with Crippen LogP contribution in [0, 0.1) is 0 Å². The molecule has 0 atom stereocenters. The maximum atomic E-state index is 14.7. The molecule has 0 N–H and O–H groups in total. The summed E-state index contributed by atoms with van der Waals surface area (Å²) in [6.07, 6.45) is 19.5. The molecule has 0 saturated heterocycles. The standard InChI is InChI=1S/C45H74O7/c1-7-13-19-29-47-38-26-28-40(48-30-20-14-8-2)37(35-38)25-27-39(46)43-44(51-33-23-17-11-5)41(49-31-21-15-9-3)36-42(50-32-22-16-10-4)45(43)52-34-24-18-12-6/h26,28,35-36H,7-25,27,29-34H2,1-6H3. The molecule has 0 amide bonds. The second-order valence-corrected chi connectivity index (χ2v) is 13.9. The zero-order valence-corrected chi connectivity index (χ0v) is 34.1. The first-order valence-electron chi connectivity index (χ1n) is 21.2. The lowest BCUT2D eigenvalue weighted by molar-refractivity contribution is 0.0971.